The number of pyridine rings is 1. The lowest BCUT2D eigenvalue weighted by molar-refractivity contribution is 0.100. The van der Waals surface area contributed by atoms with Gasteiger partial charge in [-0.25, -0.2) is 0 Å². The van der Waals surface area contributed by atoms with Gasteiger partial charge >= 0.3 is 0 Å². The summed E-state index contributed by atoms with van der Waals surface area (Å²) in [5, 5.41) is 12.4. The van der Waals surface area contributed by atoms with Crippen LogP contribution in [0.3, 0.4) is 0 Å². The molecule has 2 aromatic heterocycles. The van der Waals surface area contributed by atoms with Crippen LogP contribution in [0.25, 0.3) is 11.1 Å². The van der Waals surface area contributed by atoms with Gasteiger partial charge in [0, 0.05) is 37.9 Å². The third kappa shape index (κ3) is 9.83. The molecule has 2 heterocycles. The Bertz CT molecular complexity index is 1200. The second kappa shape index (κ2) is 16.3. The van der Waals surface area contributed by atoms with E-state index in [1.165, 1.54) is 6.20 Å². The van der Waals surface area contributed by atoms with Crippen LogP contribution in [0.2, 0.25) is 0 Å². The van der Waals surface area contributed by atoms with E-state index in [9.17, 15) is 4.79 Å². The Labute approximate surface area is 226 Å². The maximum atomic E-state index is 13.1. The number of rotatable bonds is 6. The maximum Gasteiger partial charge on any atom is 0.281 e. The first-order valence-electron chi connectivity index (χ1n) is 12.6. The van der Waals surface area contributed by atoms with Crippen molar-refractivity contribution in [2.24, 2.45) is 29.4 Å². The molecule has 37 heavy (non-hydrogen) atoms. The summed E-state index contributed by atoms with van der Waals surface area (Å²) in [6.45, 7) is 13.6. The van der Waals surface area contributed by atoms with Gasteiger partial charge in [0.15, 0.2) is 5.17 Å². The summed E-state index contributed by atoms with van der Waals surface area (Å²) < 4.78 is 1.70. The summed E-state index contributed by atoms with van der Waals surface area (Å²) in [5.41, 5.74) is 15.3. The zero-order chi connectivity index (χ0) is 28.0. The van der Waals surface area contributed by atoms with E-state index in [1.54, 1.807) is 29.0 Å². The highest BCUT2D eigenvalue weighted by Gasteiger charge is 2.21. The van der Waals surface area contributed by atoms with Crippen molar-refractivity contribution in [3.05, 3.63) is 60.2 Å². The average molecular weight is 524 g/mol. The average Bonchev–Trinajstić information content (AvgIpc) is 3.67. The summed E-state index contributed by atoms with van der Waals surface area (Å²) in [6.07, 6.45) is 11.3. The number of thioether (sulfide) groups is 1. The van der Waals surface area contributed by atoms with Crippen LogP contribution in [0, 0.1) is 23.2 Å². The molecular formula is C28H41N7OS. The van der Waals surface area contributed by atoms with Gasteiger partial charge in [0.2, 0.25) is 0 Å². The highest BCUT2D eigenvalue weighted by molar-refractivity contribution is 8.26. The number of aromatic nitrogens is 3. The smallest absolute Gasteiger partial charge is 0.281 e. The van der Waals surface area contributed by atoms with Gasteiger partial charge < -0.3 is 11.5 Å². The molecule has 0 radical (unpaired) electrons. The lowest BCUT2D eigenvalue weighted by atomic mass is 9.98. The SMILES string of the molecule is C=C/C=C\C(N)c1cc(-c2cn(C)nc2CC)c(C(=O)N=C(N)SC(=N)C#CC2CC2)cn1.CC.CC.[HH]. The molecule has 0 aliphatic heterocycles. The predicted octanol–water partition coefficient (Wildman–Crippen LogP) is 5.66. The Morgan fingerprint density at radius 2 is 2.05 bits per heavy atom. The zero-order valence-electron chi connectivity index (χ0n) is 22.7. The van der Waals surface area contributed by atoms with Crippen molar-refractivity contribution in [1.82, 2.24) is 14.8 Å². The molecule has 8 nitrogen and oxygen atoms in total. The Morgan fingerprint density at radius 3 is 2.65 bits per heavy atom. The summed E-state index contributed by atoms with van der Waals surface area (Å²) in [7, 11) is 1.83. The number of carbonyl (C=O) groups excluding carboxylic acids is 1. The fourth-order valence-corrected chi connectivity index (χ4v) is 3.52. The number of aryl methyl sites for hydroxylation is 2. The molecule has 1 unspecified atom stereocenters. The number of carbonyl (C=O) groups is 1. The molecule has 0 spiro atoms. The van der Waals surface area contributed by atoms with E-state index in [1.807, 2.05) is 47.9 Å². The van der Waals surface area contributed by atoms with Crippen molar-refractivity contribution in [3.8, 4) is 23.0 Å². The van der Waals surface area contributed by atoms with Crippen molar-refractivity contribution >= 4 is 27.9 Å². The molecule has 0 aromatic carbocycles. The molecule has 1 saturated carbocycles. The van der Waals surface area contributed by atoms with E-state index in [0.29, 0.717) is 23.6 Å². The Balaban J connectivity index is 0.00000261. The van der Waals surface area contributed by atoms with Crippen LogP contribution < -0.4 is 11.5 Å². The topological polar surface area (TPSA) is 136 Å². The summed E-state index contributed by atoms with van der Waals surface area (Å²) in [5.74, 6) is 5.56. The minimum Gasteiger partial charge on any atom is -0.378 e. The van der Waals surface area contributed by atoms with Gasteiger partial charge in [-0.05, 0) is 43.0 Å². The largest absolute Gasteiger partial charge is 0.378 e. The van der Waals surface area contributed by atoms with Crippen LogP contribution in [-0.2, 0) is 13.5 Å². The highest BCUT2D eigenvalue weighted by Crippen LogP contribution is 2.30. The molecule has 1 amide bonds. The number of hydrogen-bond acceptors (Lipinski definition) is 6. The van der Waals surface area contributed by atoms with E-state index in [-0.39, 0.29) is 17.2 Å². The van der Waals surface area contributed by atoms with Crippen LogP contribution in [0.4, 0.5) is 0 Å². The van der Waals surface area contributed by atoms with E-state index in [4.69, 9.17) is 16.9 Å². The molecule has 3 rings (SSSR count). The first kappa shape index (κ1) is 31.5. The fraction of sp³-hybridized carbons (Fsp3) is 0.393. The second-order valence-corrected chi connectivity index (χ2v) is 8.58. The van der Waals surface area contributed by atoms with Crippen molar-refractivity contribution in [1.29, 1.82) is 5.41 Å². The molecule has 1 aliphatic carbocycles. The normalized spacial score (nSPS) is 13.3. The van der Waals surface area contributed by atoms with Crippen LogP contribution in [-0.4, -0.2) is 30.9 Å². The molecule has 2 aromatic rings. The first-order chi connectivity index (χ1) is 17.8. The lowest BCUT2D eigenvalue weighted by Crippen LogP contribution is -2.14. The van der Waals surface area contributed by atoms with E-state index >= 15 is 0 Å². The third-order valence-electron chi connectivity index (χ3n) is 4.87. The van der Waals surface area contributed by atoms with Crippen LogP contribution in [0.5, 0.6) is 0 Å². The number of amidine groups is 1. The summed E-state index contributed by atoms with van der Waals surface area (Å²) in [4.78, 5) is 21.4. The number of nitrogens with zero attached hydrogens (tertiary/aromatic N) is 4. The lowest BCUT2D eigenvalue weighted by Gasteiger charge is -2.12. The first-order valence-corrected chi connectivity index (χ1v) is 13.4. The molecular weight excluding hydrogens is 482 g/mol. The molecule has 0 bridgehead atoms. The van der Waals surface area contributed by atoms with E-state index in [0.717, 1.165) is 35.9 Å². The van der Waals surface area contributed by atoms with Crippen molar-refractivity contribution in [3.63, 3.8) is 0 Å². The Kier molecular flexibility index (Phi) is 13.9. The summed E-state index contributed by atoms with van der Waals surface area (Å²) >= 11 is 0.864. The van der Waals surface area contributed by atoms with Gasteiger partial charge in [-0.15, -0.1) is 0 Å². The minimum absolute atomic E-state index is 0. The molecule has 1 aliphatic rings. The van der Waals surface area contributed by atoms with Gasteiger partial charge in [0.1, 0.15) is 5.04 Å². The third-order valence-corrected chi connectivity index (χ3v) is 5.47. The van der Waals surface area contributed by atoms with Crippen molar-refractivity contribution < 1.29 is 6.22 Å². The van der Waals surface area contributed by atoms with Crippen LogP contribution >= 0.6 is 11.8 Å². The quantitative estimate of drug-likeness (QED) is 0.193. The van der Waals surface area contributed by atoms with Crippen LogP contribution in [0.1, 0.15) is 76.7 Å². The molecule has 0 saturated heterocycles. The van der Waals surface area contributed by atoms with Crippen LogP contribution in [0.15, 0.2) is 48.3 Å². The van der Waals surface area contributed by atoms with Gasteiger partial charge in [0.25, 0.3) is 5.91 Å². The number of hydrogen-bond donors (Lipinski definition) is 3. The summed E-state index contributed by atoms with van der Waals surface area (Å²) in [6, 6.07) is 1.31. The van der Waals surface area contributed by atoms with Gasteiger partial charge in [-0.2, -0.15) is 10.1 Å². The molecule has 1 atom stereocenters. The number of nitrogens with one attached hydrogen (secondary N) is 1. The number of allylic oxidation sites excluding steroid dienone is 2. The van der Waals surface area contributed by atoms with Gasteiger partial charge in [-0.3, -0.25) is 19.9 Å². The molecule has 5 N–H and O–H groups in total. The number of amides is 1. The standard InChI is InChI=1S/C24H27N7OS.2C2H6.H2/c1-4-6-7-19(25)21-12-16(18-14-31(3)30-20(18)5-2)17(13-28-21)23(32)29-24(27)33-22(26)11-10-15-8-9-15;2*1-2;/h4,6-7,12-15,19,26H,1,5,8-9,25H2,2-3H3,(H2,27,29,32);2*1-2H3;1H/b7-6-,26-22?;;;. The Morgan fingerprint density at radius 1 is 1.38 bits per heavy atom. The second-order valence-electron chi connectivity index (χ2n) is 7.55. The monoisotopic (exact) mass is 523 g/mol. The molecule has 9 heteroatoms. The Hall–Kier alpha value is -3.48. The fourth-order valence-electron chi connectivity index (χ4n) is 3.07. The van der Waals surface area contributed by atoms with E-state index < -0.39 is 11.9 Å². The predicted molar refractivity (Wildman–Crippen MR) is 159 cm³/mol. The number of aliphatic imine (C=N–C) groups is 1. The minimum atomic E-state index is -0.557. The maximum absolute atomic E-state index is 13.1. The highest BCUT2D eigenvalue weighted by atomic mass is 32.2. The van der Waals surface area contributed by atoms with Gasteiger partial charge in [-0.1, -0.05) is 65.3 Å². The molecule has 1 fully saturated rings. The number of nitrogens with two attached hydrogens (primary N) is 2. The van der Waals surface area contributed by atoms with Crippen molar-refractivity contribution in [2.45, 2.75) is 59.9 Å². The van der Waals surface area contributed by atoms with Crippen molar-refractivity contribution in [2.75, 3.05) is 0 Å². The van der Waals surface area contributed by atoms with Gasteiger partial charge in [0.05, 0.1) is 23.0 Å². The van der Waals surface area contributed by atoms with E-state index in [2.05, 4.69) is 33.5 Å². The zero-order valence-corrected chi connectivity index (χ0v) is 23.5. The molecule has 200 valence electrons.